The van der Waals surface area contributed by atoms with Gasteiger partial charge in [0.05, 0.1) is 5.25 Å². The Kier molecular flexibility index (Phi) is 5.51. The number of nitrogens with one attached hydrogen (secondary N) is 1. The van der Waals surface area contributed by atoms with E-state index < -0.39 is 17.2 Å². The zero-order chi connectivity index (χ0) is 19.4. The first-order valence-electron chi connectivity index (χ1n) is 7.99. The minimum Gasteiger partial charge on any atom is -0.351 e. The van der Waals surface area contributed by atoms with Crippen molar-refractivity contribution < 1.29 is 14.0 Å². The van der Waals surface area contributed by atoms with E-state index in [2.05, 4.69) is 10.2 Å². The Morgan fingerprint density at radius 1 is 1.11 bits per heavy atom. The minimum atomic E-state index is -0.919. The summed E-state index contributed by atoms with van der Waals surface area (Å²) in [4.78, 5) is 22.9. The molecule has 27 heavy (non-hydrogen) atoms. The number of hydrogen-bond donors (Lipinski definition) is 2. The van der Waals surface area contributed by atoms with Crippen molar-refractivity contribution in [3.8, 4) is 17.1 Å². The first-order chi connectivity index (χ1) is 13.0. The summed E-state index contributed by atoms with van der Waals surface area (Å²) >= 11 is 1.11. The van der Waals surface area contributed by atoms with Crippen LogP contribution in [-0.4, -0.2) is 32.0 Å². The summed E-state index contributed by atoms with van der Waals surface area (Å²) in [5.41, 5.74) is 6.45. The fourth-order valence-corrected chi connectivity index (χ4v) is 3.25. The molecule has 0 aliphatic rings. The van der Waals surface area contributed by atoms with Gasteiger partial charge in [0.2, 0.25) is 5.91 Å². The lowest BCUT2D eigenvalue weighted by molar-refractivity contribution is -0.119. The number of nitrogens with two attached hydrogens (primary N) is 1. The molecule has 1 atom stereocenters. The van der Waals surface area contributed by atoms with Gasteiger partial charge in [-0.05, 0) is 31.2 Å². The Labute approximate surface area is 158 Å². The second kappa shape index (κ2) is 8.00. The topological polar surface area (TPSA) is 103 Å². The molecule has 0 radical (unpaired) electrons. The average Bonchev–Trinajstić information content (AvgIpc) is 3.06. The highest BCUT2D eigenvalue weighted by Crippen LogP contribution is 2.30. The highest BCUT2D eigenvalue weighted by atomic mass is 32.2. The van der Waals surface area contributed by atoms with Crippen molar-refractivity contribution in [2.24, 2.45) is 5.73 Å². The summed E-state index contributed by atoms with van der Waals surface area (Å²) in [6.45, 7) is 1.62. The number of carbonyl (C=O) groups is 2. The molecule has 2 aromatic carbocycles. The van der Waals surface area contributed by atoms with E-state index in [1.165, 1.54) is 12.1 Å². The molecule has 1 unspecified atom stereocenters. The second-order valence-electron chi connectivity index (χ2n) is 5.60. The minimum absolute atomic E-state index is 0.364. The first-order valence-corrected chi connectivity index (χ1v) is 8.87. The molecule has 3 rings (SSSR count). The molecule has 0 saturated carbocycles. The number of amides is 3. The molecule has 1 heterocycles. The van der Waals surface area contributed by atoms with Gasteiger partial charge in [0.15, 0.2) is 11.0 Å². The lowest BCUT2D eigenvalue weighted by atomic mass is 10.2. The quantitative estimate of drug-likeness (QED) is 0.658. The van der Waals surface area contributed by atoms with Crippen molar-refractivity contribution in [3.63, 3.8) is 0 Å². The molecule has 0 bridgehead atoms. The molecule has 9 heteroatoms. The Hall–Kier alpha value is -3.20. The largest absolute Gasteiger partial charge is 0.351 e. The molecule has 3 amide bonds. The summed E-state index contributed by atoms with van der Waals surface area (Å²) in [5.74, 6) is -0.355. The Morgan fingerprint density at radius 2 is 1.78 bits per heavy atom. The Morgan fingerprint density at radius 3 is 2.41 bits per heavy atom. The zero-order valence-corrected chi connectivity index (χ0v) is 15.1. The molecule has 0 aliphatic heterocycles. The molecule has 1 aromatic heterocycles. The van der Waals surface area contributed by atoms with Crippen LogP contribution in [0.25, 0.3) is 17.1 Å². The first kappa shape index (κ1) is 18.6. The standard InChI is InChI=1S/C18H16FN5O2S/c1-11(16(25)21-17(20)26)27-18-23-22-15(12-5-3-2-4-6-12)24(18)14-9-7-13(19)8-10-14/h2-11H,1H3,(H3,20,21,25,26). The molecule has 3 aromatic rings. The maximum absolute atomic E-state index is 13.3. The number of imide groups is 1. The van der Waals surface area contributed by atoms with Crippen LogP contribution in [0.15, 0.2) is 59.8 Å². The summed E-state index contributed by atoms with van der Waals surface area (Å²) in [6, 6.07) is 14.3. The molecule has 3 N–H and O–H groups in total. The van der Waals surface area contributed by atoms with Crippen molar-refractivity contribution in [2.75, 3.05) is 0 Å². The van der Waals surface area contributed by atoms with Crippen LogP contribution in [0.1, 0.15) is 6.92 Å². The normalized spacial score (nSPS) is 11.8. The van der Waals surface area contributed by atoms with Crippen LogP contribution in [-0.2, 0) is 4.79 Å². The van der Waals surface area contributed by atoms with Crippen LogP contribution < -0.4 is 11.1 Å². The van der Waals surface area contributed by atoms with Crippen molar-refractivity contribution >= 4 is 23.7 Å². The monoisotopic (exact) mass is 385 g/mol. The molecule has 0 saturated heterocycles. The fraction of sp³-hybridized carbons (Fsp3) is 0.111. The SMILES string of the molecule is CC(Sc1nnc(-c2ccccc2)n1-c1ccc(F)cc1)C(=O)NC(N)=O. The van der Waals surface area contributed by atoms with Crippen molar-refractivity contribution in [1.82, 2.24) is 20.1 Å². The third-order valence-corrected chi connectivity index (χ3v) is 4.69. The molecule has 0 aliphatic carbocycles. The number of benzene rings is 2. The summed E-state index contributed by atoms with van der Waals surface area (Å²) in [7, 11) is 0. The van der Waals surface area contributed by atoms with Gasteiger partial charge in [-0.25, -0.2) is 9.18 Å². The van der Waals surface area contributed by atoms with E-state index in [9.17, 15) is 14.0 Å². The number of carbonyl (C=O) groups excluding carboxylic acids is 2. The van der Waals surface area contributed by atoms with Gasteiger partial charge in [-0.15, -0.1) is 10.2 Å². The van der Waals surface area contributed by atoms with Crippen LogP contribution in [0.3, 0.4) is 0 Å². The van der Waals surface area contributed by atoms with Crippen molar-refractivity contribution in [2.45, 2.75) is 17.3 Å². The maximum Gasteiger partial charge on any atom is 0.318 e. The summed E-state index contributed by atoms with van der Waals surface area (Å²) in [6.07, 6.45) is 0. The van der Waals surface area contributed by atoms with E-state index in [0.717, 1.165) is 17.3 Å². The van der Waals surface area contributed by atoms with Gasteiger partial charge in [0, 0.05) is 11.3 Å². The van der Waals surface area contributed by atoms with Gasteiger partial charge in [-0.1, -0.05) is 42.1 Å². The summed E-state index contributed by atoms with van der Waals surface area (Å²) < 4.78 is 15.1. The predicted molar refractivity (Wildman–Crippen MR) is 99.8 cm³/mol. The second-order valence-corrected chi connectivity index (χ2v) is 6.91. The van der Waals surface area contributed by atoms with E-state index in [4.69, 9.17) is 5.73 Å². The summed E-state index contributed by atoms with van der Waals surface area (Å²) in [5, 5.41) is 10.2. The predicted octanol–water partition coefficient (Wildman–Crippen LogP) is 2.75. The molecular formula is C18H16FN5O2S. The van der Waals surface area contributed by atoms with E-state index in [0.29, 0.717) is 16.7 Å². The number of thioether (sulfide) groups is 1. The number of aromatic nitrogens is 3. The van der Waals surface area contributed by atoms with Crippen LogP contribution in [0.5, 0.6) is 0 Å². The highest BCUT2D eigenvalue weighted by molar-refractivity contribution is 8.00. The molecule has 7 nitrogen and oxygen atoms in total. The average molecular weight is 385 g/mol. The van der Waals surface area contributed by atoms with E-state index in [1.54, 1.807) is 23.6 Å². The van der Waals surface area contributed by atoms with Gasteiger partial charge in [0.1, 0.15) is 5.82 Å². The number of halogens is 1. The lowest BCUT2D eigenvalue weighted by Crippen LogP contribution is -2.39. The van der Waals surface area contributed by atoms with Crippen molar-refractivity contribution in [1.29, 1.82) is 0 Å². The number of nitrogens with zero attached hydrogens (tertiary/aromatic N) is 3. The van der Waals surface area contributed by atoms with Crippen LogP contribution in [0.4, 0.5) is 9.18 Å². The molecular weight excluding hydrogens is 369 g/mol. The van der Waals surface area contributed by atoms with Gasteiger partial charge < -0.3 is 5.73 Å². The van der Waals surface area contributed by atoms with Gasteiger partial charge in [-0.3, -0.25) is 14.7 Å². The number of primary amides is 1. The Balaban J connectivity index is 2.01. The van der Waals surface area contributed by atoms with Gasteiger partial charge >= 0.3 is 6.03 Å². The maximum atomic E-state index is 13.3. The van der Waals surface area contributed by atoms with Gasteiger partial charge in [-0.2, -0.15) is 0 Å². The zero-order valence-electron chi connectivity index (χ0n) is 14.3. The van der Waals surface area contributed by atoms with Crippen LogP contribution in [0, 0.1) is 5.82 Å². The van der Waals surface area contributed by atoms with E-state index >= 15 is 0 Å². The fourth-order valence-electron chi connectivity index (χ4n) is 2.38. The molecule has 138 valence electrons. The number of hydrogen-bond acceptors (Lipinski definition) is 5. The highest BCUT2D eigenvalue weighted by Gasteiger charge is 2.22. The number of urea groups is 1. The Bertz CT molecular complexity index is 960. The van der Waals surface area contributed by atoms with E-state index in [-0.39, 0.29) is 5.82 Å². The third-order valence-electron chi connectivity index (χ3n) is 3.65. The van der Waals surface area contributed by atoms with E-state index in [1.807, 2.05) is 35.6 Å². The smallest absolute Gasteiger partial charge is 0.318 e. The number of rotatable bonds is 5. The van der Waals surface area contributed by atoms with Crippen LogP contribution >= 0.6 is 11.8 Å². The molecule has 0 fully saturated rings. The van der Waals surface area contributed by atoms with Crippen molar-refractivity contribution in [3.05, 3.63) is 60.4 Å². The molecule has 0 spiro atoms. The van der Waals surface area contributed by atoms with Gasteiger partial charge in [0.25, 0.3) is 0 Å². The lowest BCUT2D eigenvalue weighted by Gasteiger charge is -2.13. The third kappa shape index (κ3) is 4.32. The van der Waals surface area contributed by atoms with Crippen LogP contribution in [0.2, 0.25) is 0 Å².